The van der Waals surface area contributed by atoms with E-state index in [0.29, 0.717) is 24.5 Å². The van der Waals surface area contributed by atoms with Crippen molar-refractivity contribution in [3.05, 3.63) is 11.1 Å². The third-order valence-electron chi connectivity index (χ3n) is 3.10. The quantitative estimate of drug-likeness (QED) is 0.881. The molecule has 2 heterocycles. The highest BCUT2D eigenvalue weighted by molar-refractivity contribution is 7.13. The van der Waals surface area contributed by atoms with Crippen LogP contribution in [-0.2, 0) is 11.2 Å². The molecule has 19 heavy (non-hydrogen) atoms. The fraction of sp³-hybridized carbons (Fsp3) is 0.583. The average molecular weight is 282 g/mol. The first-order valence-corrected chi connectivity index (χ1v) is 7.22. The molecule has 2 rings (SSSR count). The number of aryl methyl sites for hydroxylation is 1. The Morgan fingerprint density at radius 3 is 3.05 bits per heavy atom. The van der Waals surface area contributed by atoms with E-state index in [1.807, 2.05) is 12.3 Å². The van der Waals surface area contributed by atoms with Gasteiger partial charge in [-0.25, -0.2) is 9.78 Å². The largest absolute Gasteiger partial charge is 0.344 e. The van der Waals surface area contributed by atoms with Gasteiger partial charge in [0, 0.05) is 31.4 Å². The molecule has 7 heteroatoms. The van der Waals surface area contributed by atoms with Gasteiger partial charge in [0.25, 0.3) is 0 Å². The highest BCUT2D eigenvalue weighted by atomic mass is 32.1. The number of likely N-dealkylation sites (N-methyl/N-ethyl adjacent to an activating group) is 1. The summed E-state index contributed by atoms with van der Waals surface area (Å²) in [4.78, 5) is 29.1. The zero-order valence-electron chi connectivity index (χ0n) is 11.1. The Morgan fingerprint density at radius 1 is 1.63 bits per heavy atom. The molecule has 0 saturated carbocycles. The van der Waals surface area contributed by atoms with E-state index in [1.165, 1.54) is 11.3 Å². The van der Waals surface area contributed by atoms with Gasteiger partial charge in [0.2, 0.25) is 5.91 Å². The van der Waals surface area contributed by atoms with Gasteiger partial charge < -0.3 is 10.2 Å². The van der Waals surface area contributed by atoms with Crippen molar-refractivity contribution in [3.8, 4) is 0 Å². The summed E-state index contributed by atoms with van der Waals surface area (Å²) in [5.41, 5.74) is 0.975. The summed E-state index contributed by atoms with van der Waals surface area (Å²) in [6.07, 6.45) is 2.03. The van der Waals surface area contributed by atoms with Gasteiger partial charge in [-0.1, -0.05) is 6.92 Å². The van der Waals surface area contributed by atoms with Gasteiger partial charge in [0.05, 0.1) is 5.69 Å². The van der Waals surface area contributed by atoms with Crippen LogP contribution in [0.3, 0.4) is 0 Å². The molecule has 104 valence electrons. The number of carbonyl (C=O) groups excluding carboxylic acids is 2. The van der Waals surface area contributed by atoms with Crippen LogP contribution < -0.4 is 10.6 Å². The Morgan fingerprint density at radius 2 is 2.42 bits per heavy atom. The van der Waals surface area contributed by atoms with Crippen LogP contribution >= 0.6 is 11.3 Å². The molecule has 1 aliphatic heterocycles. The van der Waals surface area contributed by atoms with E-state index >= 15 is 0 Å². The lowest BCUT2D eigenvalue weighted by molar-refractivity contribution is -0.132. The summed E-state index contributed by atoms with van der Waals surface area (Å²) in [6.45, 7) is 2.58. The number of anilines is 1. The topological polar surface area (TPSA) is 74.3 Å². The predicted octanol–water partition coefficient (Wildman–Crippen LogP) is 1.45. The van der Waals surface area contributed by atoms with Gasteiger partial charge >= 0.3 is 6.03 Å². The second-order valence-electron chi connectivity index (χ2n) is 4.61. The third-order valence-corrected chi connectivity index (χ3v) is 3.90. The van der Waals surface area contributed by atoms with E-state index in [0.717, 1.165) is 12.1 Å². The number of hydrogen-bond acceptors (Lipinski definition) is 4. The summed E-state index contributed by atoms with van der Waals surface area (Å²) in [5, 5.41) is 8.13. The minimum Gasteiger partial charge on any atom is -0.344 e. The number of carbonyl (C=O) groups is 2. The summed E-state index contributed by atoms with van der Waals surface area (Å²) >= 11 is 1.42. The first-order chi connectivity index (χ1) is 9.08. The molecule has 0 bridgehead atoms. The van der Waals surface area contributed by atoms with Crippen LogP contribution in [-0.4, -0.2) is 41.5 Å². The van der Waals surface area contributed by atoms with Crippen molar-refractivity contribution in [2.75, 3.05) is 18.9 Å². The molecule has 3 amide bonds. The number of piperidine rings is 1. The zero-order chi connectivity index (χ0) is 13.8. The monoisotopic (exact) mass is 282 g/mol. The Hall–Kier alpha value is -1.63. The Labute approximate surface area is 116 Å². The van der Waals surface area contributed by atoms with Gasteiger partial charge in [0.1, 0.15) is 0 Å². The fourth-order valence-corrected chi connectivity index (χ4v) is 2.76. The number of likely N-dealkylation sites (tertiary alicyclic amines) is 1. The smallest absolute Gasteiger partial charge is 0.321 e. The average Bonchev–Trinajstić information content (AvgIpc) is 2.81. The van der Waals surface area contributed by atoms with Gasteiger partial charge in [-0.2, -0.15) is 0 Å². The molecule has 6 nitrogen and oxygen atoms in total. The minimum atomic E-state index is -0.259. The minimum absolute atomic E-state index is 0.00769. The summed E-state index contributed by atoms with van der Waals surface area (Å²) in [6, 6.07) is -0.252. The van der Waals surface area contributed by atoms with E-state index in [4.69, 9.17) is 0 Å². The molecule has 1 fully saturated rings. The summed E-state index contributed by atoms with van der Waals surface area (Å²) in [5.74, 6) is 0.131. The molecular formula is C12H18N4O2S. The van der Waals surface area contributed by atoms with Crippen LogP contribution in [0.5, 0.6) is 0 Å². The number of rotatable bonds is 3. The van der Waals surface area contributed by atoms with E-state index < -0.39 is 0 Å². The van der Waals surface area contributed by atoms with E-state index in [2.05, 4.69) is 15.6 Å². The highest BCUT2D eigenvalue weighted by Crippen LogP contribution is 2.16. The molecular weight excluding hydrogens is 264 g/mol. The number of aromatic nitrogens is 1. The van der Waals surface area contributed by atoms with Crippen LogP contribution in [0.1, 0.15) is 25.5 Å². The van der Waals surface area contributed by atoms with Gasteiger partial charge in [-0.3, -0.25) is 10.1 Å². The van der Waals surface area contributed by atoms with E-state index in [1.54, 1.807) is 11.9 Å². The molecule has 0 unspecified atom stereocenters. The van der Waals surface area contributed by atoms with Crippen LogP contribution in [0.15, 0.2) is 5.38 Å². The maximum Gasteiger partial charge on any atom is 0.321 e. The predicted molar refractivity (Wildman–Crippen MR) is 74.3 cm³/mol. The Bertz CT molecular complexity index is 474. The van der Waals surface area contributed by atoms with Crippen LogP contribution in [0, 0.1) is 0 Å². The molecule has 2 N–H and O–H groups in total. The number of hydrogen-bond donors (Lipinski definition) is 2. The summed E-state index contributed by atoms with van der Waals surface area (Å²) < 4.78 is 0. The van der Waals surface area contributed by atoms with Gasteiger partial charge in [-0.05, 0) is 12.8 Å². The Kier molecular flexibility index (Phi) is 4.36. The molecule has 1 aliphatic rings. The molecule has 0 radical (unpaired) electrons. The van der Waals surface area contributed by atoms with Crippen molar-refractivity contribution in [3.63, 3.8) is 0 Å². The van der Waals surface area contributed by atoms with Crippen molar-refractivity contribution in [1.82, 2.24) is 15.2 Å². The number of nitrogens with zero attached hydrogens (tertiary/aromatic N) is 2. The van der Waals surface area contributed by atoms with Gasteiger partial charge in [-0.15, -0.1) is 11.3 Å². The molecule has 1 atom stereocenters. The third kappa shape index (κ3) is 3.66. The van der Waals surface area contributed by atoms with Crippen molar-refractivity contribution < 1.29 is 9.59 Å². The van der Waals surface area contributed by atoms with Crippen molar-refractivity contribution in [1.29, 1.82) is 0 Å². The van der Waals surface area contributed by atoms with E-state index in [9.17, 15) is 9.59 Å². The molecule has 1 saturated heterocycles. The van der Waals surface area contributed by atoms with E-state index in [-0.39, 0.29) is 18.0 Å². The maximum absolute atomic E-state index is 11.8. The van der Waals surface area contributed by atoms with Crippen molar-refractivity contribution in [2.45, 2.75) is 32.2 Å². The number of nitrogens with one attached hydrogen (secondary N) is 2. The highest BCUT2D eigenvalue weighted by Gasteiger charge is 2.24. The Balaban J connectivity index is 1.82. The number of amides is 3. The van der Waals surface area contributed by atoms with Crippen LogP contribution in [0.4, 0.5) is 9.93 Å². The molecule has 0 aromatic carbocycles. The fourth-order valence-electron chi connectivity index (χ4n) is 1.98. The molecule has 1 aromatic heterocycles. The lowest BCUT2D eigenvalue weighted by Crippen LogP contribution is -2.49. The standard InChI is InChI=1S/C12H18N4O2S/c1-3-8-7-19-12(14-8)15-11(18)13-9-4-5-10(17)16(2)6-9/h7,9H,3-6H2,1-2H3,(H2,13,14,15,18)/t9-/m0/s1. The number of thiazole rings is 1. The van der Waals surface area contributed by atoms with Crippen molar-refractivity contribution >= 4 is 28.4 Å². The van der Waals surface area contributed by atoms with Gasteiger partial charge in [0.15, 0.2) is 5.13 Å². The lowest BCUT2D eigenvalue weighted by atomic mass is 10.1. The summed E-state index contributed by atoms with van der Waals surface area (Å²) in [7, 11) is 1.75. The lowest BCUT2D eigenvalue weighted by Gasteiger charge is -2.29. The number of urea groups is 1. The first-order valence-electron chi connectivity index (χ1n) is 6.34. The first kappa shape index (κ1) is 13.8. The van der Waals surface area contributed by atoms with Crippen molar-refractivity contribution in [2.24, 2.45) is 0 Å². The zero-order valence-corrected chi connectivity index (χ0v) is 11.9. The second-order valence-corrected chi connectivity index (χ2v) is 5.46. The molecule has 1 aromatic rings. The SMILES string of the molecule is CCc1csc(NC(=O)N[C@H]2CCC(=O)N(C)C2)n1. The molecule has 0 spiro atoms. The normalized spacial score (nSPS) is 19.4. The van der Waals surface area contributed by atoms with Crippen LogP contribution in [0.2, 0.25) is 0 Å². The molecule has 0 aliphatic carbocycles. The second kappa shape index (κ2) is 6.01. The van der Waals surface area contributed by atoms with Crippen LogP contribution in [0.25, 0.3) is 0 Å². The maximum atomic E-state index is 11.8.